The van der Waals surface area contributed by atoms with Crippen LogP contribution in [0.25, 0.3) is 0 Å². The molecule has 0 aliphatic heterocycles. The van der Waals surface area contributed by atoms with E-state index < -0.39 is 22.9 Å². The normalized spacial score (nSPS) is 12.0. The van der Waals surface area contributed by atoms with Crippen LogP contribution in [0.4, 0.5) is 13.9 Å². The molecule has 0 fully saturated rings. The zero-order valence-electron chi connectivity index (χ0n) is 11.7. The molecule has 0 bridgehead atoms. The number of Topliss-reactive ketones (excluding diaryl/α,β-unsaturated/α-hetero) is 1. The molecule has 0 radical (unpaired) electrons. The molecule has 2 rings (SSSR count). The van der Waals surface area contributed by atoms with Gasteiger partial charge >= 0.3 is 0 Å². The molecule has 0 aliphatic rings. The molecule has 1 heterocycles. The number of rotatable bonds is 6. The monoisotopic (exact) mass is 377 g/mol. The maximum Gasteiger partial charge on any atom is 0.243 e. The summed E-state index contributed by atoms with van der Waals surface area (Å²) < 4.78 is 26.4. The van der Waals surface area contributed by atoms with Gasteiger partial charge in [0, 0.05) is 5.56 Å². The van der Waals surface area contributed by atoms with Gasteiger partial charge < -0.3 is 0 Å². The zero-order chi connectivity index (χ0) is 17.0. The number of carbonyl (C=O) groups excluding carboxylic acids is 2. The number of amides is 1. The second-order valence-electron chi connectivity index (χ2n) is 4.32. The lowest BCUT2D eigenvalue weighted by atomic mass is 10.1. The smallest absolute Gasteiger partial charge is 0.243 e. The van der Waals surface area contributed by atoms with Crippen molar-refractivity contribution in [2.45, 2.75) is 16.6 Å². The molecule has 23 heavy (non-hydrogen) atoms. The van der Waals surface area contributed by atoms with E-state index in [2.05, 4.69) is 15.5 Å². The molecule has 0 spiro atoms. The lowest BCUT2D eigenvalue weighted by Crippen LogP contribution is -2.20. The van der Waals surface area contributed by atoms with Crippen molar-refractivity contribution in [3.63, 3.8) is 0 Å². The molecule has 1 atom stereocenters. The van der Waals surface area contributed by atoms with Gasteiger partial charge in [-0.15, -0.1) is 21.8 Å². The first-order valence-electron chi connectivity index (χ1n) is 6.26. The first kappa shape index (κ1) is 17.8. The standard InChI is InChI=1S/C13H10ClF2N3O2S2/c1-6(14)11(21)17-12-18-19-13(23-12)22-5-10(20)7-2-3-8(15)9(16)4-7/h2-4,6H,5H2,1H3,(H,17,18,21). The highest BCUT2D eigenvalue weighted by Crippen LogP contribution is 2.26. The van der Waals surface area contributed by atoms with Crippen LogP contribution in [0.5, 0.6) is 0 Å². The van der Waals surface area contributed by atoms with Gasteiger partial charge in [-0.05, 0) is 25.1 Å². The predicted octanol–water partition coefficient (Wildman–Crippen LogP) is 3.36. The summed E-state index contributed by atoms with van der Waals surface area (Å²) in [5.41, 5.74) is 0.0745. The van der Waals surface area contributed by atoms with Crippen LogP contribution in [-0.2, 0) is 4.79 Å². The number of hydrogen-bond acceptors (Lipinski definition) is 6. The Morgan fingerprint density at radius 1 is 1.35 bits per heavy atom. The Morgan fingerprint density at radius 3 is 2.74 bits per heavy atom. The van der Waals surface area contributed by atoms with Crippen molar-refractivity contribution < 1.29 is 18.4 Å². The molecular weight excluding hydrogens is 368 g/mol. The molecule has 1 N–H and O–H groups in total. The number of alkyl halides is 1. The molecule has 0 saturated carbocycles. The van der Waals surface area contributed by atoms with Crippen molar-refractivity contribution in [2.75, 3.05) is 11.1 Å². The summed E-state index contributed by atoms with van der Waals surface area (Å²) in [5, 5.41) is 9.61. The van der Waals surface area contributed by atoms with Crippen molar-refractivity contribution >= 4 is 51.5 Å². The Bertz CT molecular complexity index is 740. The van der Waals surface area contributed by atoms with Crippen LogP contribution in [-0.4, -0.2) is 33.0 Å². The highest BCUT2D eigenvalue weighted by molar-refractivity contribution is 8.01. The average molecular weight is 378 g/mol. The van der Waals surface area contributed by atoms with Gasteiger partial charge in [-0.3, -0.25) is 14.9 Å². The molecular formula is C13H10ClF2N3O2S2. The fourth-order valence-corrected chi connectivity index (χ4v) is 3.11. The van der Waals surface area contributed by atoms with E-state index >= 15 is 0 Å². The minimum absolute atomic E-state index is 0.0143. The summed E-state index contributed by atoms with van der Waals surface area (Å²) in [7, 11) is 0. The van der Waals surface area contributed by atoms with Crippen LogP contribution in [0.1, 0.15) is 17.3 Å². The number of halogens is 3. The third-order valence-electron chi connectivity index (χ3n) is 2.57. The Hall–Kier alpha value is -1.58. The lowest BCUT2D eigenvalue weighted by Gasteiger charge is -2.01. The second kappa shape index (κ2) is 7.80. The van der Waals surface area contributed by atoms with Crippen molar-refractivity contribution in [1.29, 1.82) is 0 Å². The maximum atomic E-state index is 13.1. The number of aromatic nitrogens is 2. The van der Waals surface area contributed by atoms with E-state index in [0.29, 0.717) is 4.34 Å². The SMILES string of the molecule is CC(Cl)C(=O)Nc1nnc(SCC(=O)c2ccc(F)c(F)c2)s1. The first-order valence-corrected chi connectivity index (χ1v) is 8.50. The van der Waals surface area contributed by atoms with Gasteiger partial charge in [0.2, 0.25) is 11.0 Å². The number of thioether (sulfide) groups is 1. The quantitative estimate of drug-likeness (QED) is 0.362. The fourth-order valence-electron chi connectivity index (χ4n) is 1.40. The maximum absolute atomic E-state index is 13.1. The number of nitrogens with zero attached hydrogens (tertiary/aromatic N) is 2. The number of anilines is 1. The molecule has 1 unspecified atom stereocenters. The molecule has 1 amide bonds. The topological polar surface area (TPSA) is 72.0 Å². The Labute approximate surface area is 143 Å². The summed E-state index contributed by atoms with van der Waals surface area (Å²) in [5.74, 6) is -2.87. The van der Waals surface area contributed by atoms with Crippen LogP contribution < -0.4 is 5.32 Å². The van der Waals surface area contributed by atoms with Gasteiger partial charge in [-0.2, -0.15) is 0 Å². The van der Waals surface area contributed by atoms with E-state index in [-0.39, 0.29) is 22.2 Å². The van der Waals surface area contributed by atoms with Gasteiger partial charge in [-0.1, -0.05) is 23.1 Å². The third kappa shape index (κ3) is 4.95. The van der Waals surface area contributed by atoms with E-state index in [1.807, 2.05) is 0 Å². The number of benzene rings is 1. The summed E-state index contributed by atoms with van der Waals surface area (Å²) in [4.78, 5) is 23.3. The van der Waals surface area contributed by atoms with Crippen molar-refractivity contribution in [1.82, 2.24) is 10.2 Å². The van der Waals surface area contributed by atoms with Crippen LogP contribution in [0.15, 0.2) is 22.5 Å². The fraction of sp³-hybridized carbons (Fsp3) is 0.231. The summed E-state index contributed by atoms with van der Waals surface area (Å²) >= 11 is 7.79. The van der Waals surface area contributed by atoms with Crippen LogP contribution in [0.2, 0.25) is 0 Å². The number of nitrogens with one attached hydrogen (secondary N) is 1. The Morgan fingerprint density at radius 2 is 2.09 bits per heavy atom. The van der Waals surface area contributed by atoms with Crippen molar-refractivity contribution in [3.8, 4) is 0 Å². The second-order valence-corrected chi connectivity index (χ2v) is 7.17. The Balaban J connectivity index is 1.93. The number of ketones is 1. The minimum Gasteiger partial charge on any atom is -0.299 e. The minimum atomic E-state index is -1.07. The zero-order valence-corrected chi connectivity index (χ0v) is 14.1. The van der Waals surface area contributed by atoms with Crippen molar-refractivity contribution in [2.24, 2.45) is 0 Å². The summed E-state index contributed by atoms with van der Waals surface area (Å²) in [6.45, 7) is 1.52. The predicted molar refractivity (Wildman–Crippen MR) is 85.3 cm³/mol. The third-order valence-corrected chi connectivity index (χ3v) is 4.74. The van der Waals surface area contributed by atoms with Crippen molar-refractivity contribution in [3.05, 3.63) is 35.4 Å². The summed E-state index contributed by atoms with van der Waals surface area (Å²) in [6, 6.07) is 2.97. The first-order chi connectivity index (χ1) is 10.9. The largest absolute Gasteiger partial charge is 0.299 e. The number of carbonyl (C=O) groups is 2. The molecule has 5 nitrogen and oxygen atoms in total. The average Bonchev–Trinajstić information content (AvgIpc) is 2.95. The van der Waals surface area contributed by atoms with Gasteiger partial charge in [-0.25, -0.2) is 8.78 Å². The highest BCUT2D eigenvalue weighted by atomic mass is 35.5. The molecule has 0 saturated heterocycles. The molecule has 2 aromatic rings. The molecule has 1 aromatic carbocycles. The highest BCUT2D eigenvalue weighted by Gasteiger charge is 2.15. The van der Waals surface area contributed by atoms with Gasteiger partial charge in [0.15, 0.2) is 21.8 Å². The van der Waals surface area contributed by atoms with Gasteiger partial charge in [0.1, 0.15) is 5.38 Å². The molecule has 0 aliphatic carbocycles. The van der Waals surface area contributed by atoms with Crippen LogP contribution >= 0.6 is 34.7 Å². The Kier molecular flexibility index (Phi) is 6.03. The van der Waals surface area contributed by atoms with E-state index in [4.69, 9.17) is 11.6 Å². The number of hydrogen-bond donors (Lipinski definition) is 1. The van der Waals surface area contributed by atoms with E-state index in [9.17, 15) is 18.4 Å². The van der Waals surface area contributed by atoms with Gasteiger partial charge in [0.05, 0.1) is 5.75 Å². The lowest BCUT2D eigenvalue weighted by molar-refractivity contribution is -0.115. The summed E-state index contributed by atoms with van der Waals surface area (Å²) in [6.07, 6.45) is 0. The molecule has 1 aromatic heterocycles. The van der Waals surface area contributed by atoms with Crippen LogP contribution in [0.3, 0.4) is 0 Å². The van der Waals surface area contributed by atoms with E-state index in [0.717, 1.165) is 35.2 Å². The van der Waals surface area contributed by atoms with E-state index in [1.54, 1.807) is 0 Å². The van der Waals surface area contributed by atoms with Crippen LogP contribution in [0, 0.1) is 11.6 Å². The van der Waals surface area contributed by atoms with E-state index in [1.165, 1.54) is 13.0 Å². The molecule has 122 valence electrons. The molecule has 10 heteroatoms. The van der Waals surface area contributed by atoms with Gasteiger partial charge in [0.25, 0.3) is 0 Å².